The molecule has 6 aliphatic rings. The number of fused-ring (bicyclic) bond motifs is 3. The Bertz CT molecular complexity index is 1000. The molecule has 3 aliphatic heterocycles. The van der Waals surface area contributed by atoms with Crippen molar-refractivity contribution >= 4 is 17.9 Å². The van der Waals surface area contributed by atoms with Gasteiger partial charge in [-0.2, -0.15) is 0 Å². The molecule has 6 fully saturated rings. The van der Waals surface area contributed by atoms with Crippen LogP contribution in [-0.2, 0) is 38.1 Å². The van der Waals surface area contributed by atoms with Crippen LogP contribution in [0, 0.1) is 23.7 Å². The van der Waals surface area contributed by atoms with Crippen LogP contribution in [0.4, 0.5) is 0 Å². The molecule has 3 saturated carbocycles. The third kappa shape index (κ3) is 5.84. The van der Waals surface area contributed by atoms with E-state index in [1.54, 1.807) is 0 Å². The quantitative estimate of drug-likeness (QED) is 0.125. The van der Waals surface area contributed by atoms with E-state index in [1.807, 2.05) is 0 Å². The average molecular weight is 595 g/mol. The summed E-state index contributed by atoms with van der Waals surface area (Å²) in [5.74, 6) is -4.13. The van der Waals surface area contributed by atoms with Crippen LogP contribution in [0.3, 0.4) is 0 Å². The van der Waals surface area contributed by atoms with Gasteiger partial charge < -0.3 is 39.0 Å². The Kier molecular flexibility index (Phi) is 8.36. The summed E-state index contributed by atoms with van der Waals surface area (Å²) in [5, 5.41) is 31.4. The van der Waals surface area contributed by atoms with Gasteiger partial charge in [0.25, 0.3) is 0 Å². The molecule has 11 heteroatoms. The molecule has 236 valence electrons. The first-order chi connectivity index (χ1) is 20.0. The molecule has 42 heavy (non-hydrogen) atoms. The second-order valence-corrected chi connectivity index (χ2v) is 13.9. The maximum absolute atomic E-state index is 12.4. The molecule has 11 nitrogen and oxygen atoms in total. The minimum atomic E-state index is -1.32. The second-order valence-electron chi connectivity index (χ2n) is 13.9. The molecule has 0 spiro atoms. The molecule has 3 aliphatic carbocycles. The summed E-state index contributed by atoms with van der Waals surface area (Å²) in [6.45, 7) is 2.14. The number of ether oxygens (including phenoxy) is 5. The highest BCUT2D eigenvalue weighted by atomic mass is 16.8. The van der Waals surface area contributed by atoms with Crippen molar-refractivity contribution < 1.29 is 53.4 Å². The fourth-order valence-electron chi connectivity index (χ4n) is 8.87. The van der Waals surface area contributed by atoms with Gasteiger partial charge in [-0.25, -0.2) is 0 Å². The molecular formula is C31H46O11. The molecule has 3 saturated heterocycles. The minimum Gasteiger partial charge on any atom is -0.459 e. The lowest BCUT2D eigenvalue weighted by Crippen LogP contribution is -2.46. The Morgan fingerprint density at radius 1 is 0.738 bits per heavy atom. The SMILES string of the molecule is CCCCCC(CCC12CC(O)CC1CC(=O)O2)CC(OC12CC(O)CC1CC(=O)O2)OC12CC(O)CC1CC(=O)O2. The first-order valence-electron chi connectivity index (χ1n) is 16.1. The summed E-state index contributed by atoms with van der Waals surface area (Å²) in [4.78, 5) is 37.0. The van der Waals surface area contributed by atoms with Crippen molar-refractivity contribution in [3.63, 3.8) is 0 Å². The van der Waals surface area contributed by atoms with Gasteiger partial charge in [-0.05, 0) is 38.0 Å². The molecule has 10 unspecified atom stereocenters. The van der Waals surface area contributed by atoms with Crippen molar-refractivity contribution in [2.45, 2.75) is 151 Å². The smallest absolute Gasteiger partial charge is 0.308 e. The molecule has 6 rings (SSSR count). The third-order valence-corrected chi connectivity index (χ3v) is 10.8. The van der Waals surface area contributed by atoms with Crippen LogP contribution in [0.1, 0.15) is 110 Å². The largest absolute Gasteiger partial charge is 0.459 e. The van der Waals surface area contributed by atoms with Gasteiger partial charge in [0.15, 0.2) is 6.29 Å². The van der Waals surface area contributed by atoms with E-state index in [4.69, 9.17) is 23.7 Å². The number of rotatable bonds is 13. The van der Waals surface area contributed by atoms with Gasteiger partial charge in [-0.15, -0.1) is 0 Å². The summed E-state index contributed by atoms with van der Waals surface area (Å²) in [6, 6.07) is 0. The van der Waals surface area contributed by atoms with Gasteiger partial charge in [-0.3, -0.25) is 14.4 Å². The molecule has 0 radical (unpaired) electrons. The van der Waals surface area contributed by atoms with E-state index in [0.29, 0.717) is 51.4 Å². The Balaban J connectivity index is 1.24. The first kappa shape index (κ1) is 30.2. The fraction of sp³-hybridized carbons (Fsp3) is 0.903. The summed E-state index contributed by atoms with van der Waals surface area (Å²) in [7, 11) is 0. The normalized spacial score (nSPS) is 43.6. The number of esters is 3. The molecule has 0 aromatic heterocycles. The van der Waals surface area contributed by atoms with Crippen LogP contribution in [0.5, 0.6) is 0 Å². The van der Waals surface area contributed by atoms with Gasteiger partial charge in [0.1, 0.15) is 5.60 Å². The van der Waals surface area contributed by atoms with Crippen LogP contribution in [0.2, 0.25) is 0 Å². The zero-order valence-electron chi connectivity index (χ0n) is 24.5. The Morgan fingerprint density at radius 3 is 1.86 bits per heavy atom. The lowest BCUT2D eigenvalue weighted by atomic mass is 9.82. The summed E-state index contributed by atoms with van der Waals surface area (Å²) >= 11 is 0. The van der Waals surface area contributed by atoms with Crippen LogP contribution < -0.4 is 0 Å². The van der Waals surface area contributed by atoms with Gasteiger partial charge in [0, 0.05) is 43.4 Å². The number of aliphatic hydroxyl groups excluding tert-OH is 3. The molecular weight excluding hydrogens is 548 g/mol. The molecule has 0 amide bonds. The van der Waals surface area contributed by atoms with E-state index in [0.717, 1.165) is 25.7 Å². The Morgan fingerprint density at radius 2 is 1.26 bits per heavy atom. The maximum atomic E-state index is 12.4. The van der Waals surface area contributed by atoms with Crippen LogP contribution >= 0.6 is 0 Å². The highest BCUT2D eigenvalue weighted by Crippen LogP contribution is 2.53. The van der Waals surface area contributed by atoms with Crippen molar-refractivity contribution in [2.24, 2.45) is 23.7 Å². The molecule has 3 N–H and O–H groups in total. The van der Waals surface area contributed by atoms with Gasteiger partial charge in [0.2, 0.25) is 11.6 Å². The van der Waals surface area contributed by atoms with Gasteiger partial charge in [0.05, 0.1) is 37.6 Å². The average Bonchev–Trinajstić information content (AvgIpc) is 3.65. The van der Waals surface area contributed by atoms with E-state index in [-0.39, 0.29) is 67.3 Å². The lowest BCUT2D eigenvalue weighted by molar-refractivity contribution is -0.355. The van der Waals surface area contributed by atoms with E-state index in [2.05, 4.69) is 6.92 Å². The van der Waals surface area contributed by atoms with Crippen molar-refractivity contribution in [3.8, 4) is 0 Å². The molecule has 10 atom stereocenters. The van der Waals surface area contributed by atoms with E-state index in [1.165, 1.54) is 0 Å². The maximum Gasteiger partial charge on any atom is 0.308 e. The zero-order valence-corrected chi connectivity index (χ0v) is 24.5. The zero-order chi connectivity index (χ0) is 29.7. The van der Waals surface area contributed by atoms with Crippen LogP contribution in [0.25, 0.3) is 0 Å². The third-order valence-electron chi connectivity index (χ3n) is 10.8. The van der Waals surface area contributed by atoms with Crippen LogP contribution in [-0.4, -0.2) is 75.0 Å². The molecule has 0 bridgehead atoms. The number of hydrogen-bond acceptors (Lipinski definition) is 11. The summed E-state index contributed by atoms with van der Waals surface area (Å²) in [6.07, 6.45) is 5.64. The second kappa shape index (κ2) is 11.6. The van der Waals surface area contributed by atoms with Crippen molar-refractivity contribution in [2.75, 3.05) is 0 Å². The van der Waals surface area contributed by atoms with Gasteiger partial charge in [-0.1, -0.05) is 32.6 Å². The van der Waals surface area contributed by atoms with Crippen molar-refractivity contribution in [1.82, 2.24) is 0 Å². The van der Waals surface area contributed by atoms with E-state index < -0.39 is 41.8 Å². The van der Waals surface area contributed by atoms with E-state index in [9.17, 15) is 29.7 Å². The number of carbonyl (C=O) groups is 3. The minimum absolute atomic E-state index is 0.00892. The molecule has 0 aromatic rings. The monoisotopic (exact) mass is 594 g/mol. The van der Waals surface area contributed by atoms with Crippen molar-refractivity contribution in [3.05, 3.63) is 0 Å². The standard InChI is InChI=1S/C31H46O11/c1-2-3-4-5-18(6-7-29-15-22(32)9-19(29)12-25(35)38-29)8-28(41-30-16-23(33)10-20(30)13-26(36)39-30)42-31-17-24(34)11-21(31)14-27(37)40-31/h18-24,28,32-34H,2-17H2,1H3. The Hall–Kier alpha value is -1.79. The predicted molar refractivity (Wildman–Crippen MR) is 144 cm³/mol. The van der Waals surface area contributed by atoms with E-state index >= 15 is 0 Å². The van der Waals surface area contributed by atoms with Crippen LogP contribution in [0.15, 0.2) is 0 Å². The number of carbonyl (C=O) groups excluding carboxylic acids is 3. The number of hydrogen-bond donors (Lipinski definition) is 3. The highest BCUT2D eigenvalue weighted by Gasteiger charge is 2.61. The fourth-order valence-corrected chi connectivity index (χ4v) is 8.87. The molecule has 3 heterocycles. The summed E-state index contributed by atoms with van der Waals surface area (Å²) in [5.41, 5.74) is -0.655. The lowest BCUT2D eigenvalue weighted by Gasteiger charge is -2.39. The topological polar surface area (TPSA) is 158 Å². The van der Waals surface area contributed by atoms with Crippen molar-refractivity contribution in [1.29, 1.82) is 0 Å². The number of unbranched alkanes of at least 4 members (excludes halogenated alkanes) is 2. The summed E-state index contributed by atoms with van der Waals surface area (Å²) < 4.78 is 30.6. The first-order valence-corrected chi connectivity index (χ1v) is 16.1. The Labute approximate surface area is 246 Å². The molecule has 0 aromatic carbocycles. The highest BCUT2D eigenvalue weighted by molar-refractivity contribution is 5.74. The number of aliphatic hydroxyl groups is 3. The van der Waals surface area contributed by atoms with Gasteiger partial charge >= 0.3 is 17.9 Å². The predicted octanol–water partition coefficient (Wildman–Crippen LogP) is 3.00.